The number of hydrogen-bond donors (Lipinski definition) is 1. The van der Waals surface area contributed by atoms with E-state index in [1.807, 2.05) is 43.3 Å². The highest BCUT2D eigenvalue weighted by Crippen LogP contribution is 2.20. The number of carbonyl (C=O) groups excluding carboxylic acids is 1. The van der Waals surface area contributed by atoms with Gasteiger partial charge in [-0.25, -0.2) is 4.52 Å². The van der Waals surface area contributed by atoms with Crippen LogP contribution < -0.4 is 10.9 Å². The van der Waals surface area contributed by atoms with Crippen molar-refractivity contribution >= 4 is 28.7 Å². The second-order valence-electron chi connectivity index (χ2n) is 6.52. The Kier molecular flexibility index (Phi) is 4.71. The third kappa shape index (κ3) is 3.68. The number of rotatable bonds is 4. The van der Waals surface area contributed by atoms with Crippen LogP contribution in [0.1, 0.15) is 5.56 Å². The van der Waals surface area contributed by atoms with Crippen molar-refractivity contribution in [1.29, 1.82) is 0 Å². The molecule has 28 heavy (non-hydrogen) atoms. The molecule has 0 saturated carbocycles. The number of halogens is 1. The Balaban J connectivity index is 1.60. The lowest BCUT2D eigenvalue weighted by Gasteiger charge is -2.08. The van der Waals surface area contributed by atoms with Gasteiger partial charge in [-0.2, -0.15) is 5.10 Å². The van der Waals surface area contributed by atoms with Crippen molar-refractivity contribution in [2.45, 2.75) is 13.5 Å². The van der Waals surface area contributed by atoms with Crippen molar-refractivity contribution < 1.29 is 4.79 Å². The largest absolute Gasteiger partial charge is 0.325 e. The number of carbonyl (C=O) groups is 1. The van der Waals surface area contributed by atoms with E-state index in [9.17, 15) is 9.59 Å². The fourth-order valence-electron chi connectivity index (χ4n) is 2.99. The summed E-state index contributed by atoms with van der Waals surface area (Å²) in [5, 5.41) is 7.87. The zero-order valence-electron chi connectivity index (χ0n) is 15.1. The summed E-state index contributed by atoms with van der Waals surface area (Å²) in [4.78, 5) is 25.1. The van der Waals surface area contributed by atoms with Gasteiger partial charge in [0.1, 0.15) is 12.1 Å². The smallest absolute Gasteiger partial charge is 0.277 e. The van der Waals surface area contributed by atoms with Crippen LogP contribution in [0.3, 0.4) is 0 Å². The van der Waals surface area contributed by atoms with E-state index in [-0.39, 0.29) is 18.0 Å². The number of anilines is 1. The Labute approximate surface area is 166 Å². The molecule has 140 valence electrons. The molecule has 1 N–H and O–H groups in total. The van der Waals surface area contributed by atoms with Crippen LogP contribution in [-0.4, -0.2) is 20.1 Å². The molecule has 0 radical (unpaired) electrons. The number of hydrogen-bond acceptors (Lipinski definition) is 3. The predicted molar refractivity (Wildman–Crippen MR) is 110 cm³/mol. The second kappa shape index (κ2) is 7.32. The van der Waals surface area contributed by atoms with E-state index in [1.54, 1.807) is 30.6 Å². The molecule has 6 nitrogen and oxygen atoms in total. The van der Waals surface area contributed by atoms with Crippen LogP contribution in [-0.2, 0) is 11.3 Å². The Hall–Kier alpha value is -3.38. The summed E-state index contributed by atoms with van der Waals surface area (Å²) < 4.78 is 2.88. The van der Waals surface area contributed by atoms with E-state index in [1.165, 1.54) is 9.08 Å². The summed E-state index contributed by atoms with van der Waals surface area (Å²) in [5.74, 6) is -0.269. The van der Waals surface area contributed by atoms with Crippen LogP contribution in [0, 0.1) is 6.92 Å². The first-order valence-electron chi connectivity index (χ1n) is 8.71. The molecule has 0 saturated heterocycles. The van der Waals surface area contributed by atoms with Crippen molar-refractivity contribution in [2.24, 2.45) is 0 Å². The SMILES string of the molecule is Cc1cccc(NC(=O)Cn2ccn3nc(-c4ccc(Cl)cc4)cc3c2=O)c1. The maximum Gasteiger partial charge on any atom is 0.277 e. The molecule has 0 aliphatic rings. The quantitative estimate of drug-likeness (QED) is 0.575. The Morgan fingerprint density at radius 3 is 2.64 bits per heavy atom. The molecule has 1 amide bonds. The molecule has 0 unspecified atom stereocenters. The van der Waals surface area contributed by atoms with Crippen molar-refractivity contribution in [3.05, 3.63) is 87.9 Å². The van der Waals surface area contributed by atoms with Crippen LogP contribution in [0.2, 0.25) is 5.02 Å². The minimum absolute atomic E-state index is 0.0786. The van der Waals surface area contributed by atoms with Gasteiger partial charge in [-0.15, -0.1) is 0 Å². The van der Waals surface area contributed by atoms with E-state index < -0.39 is 0 Å². The lowest BCUT2D eigenvalue weighted by molar-refractivity contribution is -0.116. The van der Waals surface area contributed by atoms with Crippen LogP contribution in [0.25, 0.3) is 16.8 Å². The third-order valence-corrected chi connectivity index (χ3v) is 4.61. The Morgan fingerprint density at radius 1 is 1.11 bits per heavy atom. The Morgan fingerprint density at radius 2 is 1.89 bits per heavy atom. The van der Waals surface area contributed by atoms with Gasteiger partial charge in [0.2, 0.25) is 5.91 Å². The van der Waals surface area contributed by atoms with E-state index in [0.29, 0.717) is 21.9 Å². The summed E-state index contributed by atoms with van der Waals surface area (Å²) >= 11 is 5.92. The molecule has 0 bridgehead atoms. The highest BCUT2D eigenvalue weighted by Gasteiger charge is 2.11. The van der Waals surface area contributed by atoms with Crippen LogP contribution in [0.4, 0.5) is 5.69 Å². The van der Waals surface area contributed by atoms with E-state index in [4.69, 9.17) is 11.6 Å². The fourth-order valence-corrected chi connectivity index (χ4v) is 3.12. The first-order chi connectivity index (χ1) is 13.5. The van der Waals surface area contributed by atoms with Crippen molar-refractivity contribution in [3.63, 3.8) is 0 Å². The van der Waals surface area contributed by atoms with Gasteiger partial charge < -0.3 is 9.88 Å². The maximum absolute atomic E-state index is 12.8. The van der Waals surface area contributed by atoms with Gasteiger partial charge in [0.05, 0.1) is 5.69 Å². The maximum atomic E-state index is 12.8. The average molecular weight is 393 g/mol. The third-order valence-electron chi connectivity index (χ3n) is 4.36. The summed E-state index contributed by atoms with van der Waals surface area (Å²) in [5.41, 5.74) is 3.39. The number of nitrogens with zero attached hydrogens (tertiary/aromatic N) is 3. The van der Waals surface area contributed by atoms with Gasteiger partial charge in [0, 0.05) is 28.7 Å². The van der Waals surface area contributed by atoms with Crippen molar-refractivity contribution in [2.75, 3.05) is 5.32 Å². The van der Waals surface area contributed by atoms with Crippen LogP contribution >= 0.6 is 11.6 Å². The molecule has 4 rings (SSSR count). The lowest BCUT2D eigenvalue weighted by atomic mass is 10.1. The summed E-state index contributed by atoms with van der Waals surface area (Å²) in [6.45, 7) is 1.87. The molecule has 0 aliphatic heterocycles. The summed E-state index contributed by atoms with van der Waals surface area (Å²) in [7, 11) is 0. The summed E-state index contributed by atoms with van der Waals surface area (Å²) in [6.07, 6.45) is 3.22. The number of benzene rings is 2. The standard InChI is InChI=1S/C21H17ClN4O2/c1-14-3-2-4-17(11-14)23-20(27)13-25-9-10-26-19(21(25)28)12-18(24-26)15-5-7-16(22)8-6-15/h2-12H,13H2,1H3,(H,23,27). The van der Waals surface area contributed by atoms with Crippen molar-refractivity contribution in [1.82, 2.24) is 14.2 Å². The van der Waals surface area contributed by atoms with Crippen LogP contribution in [0.15, 0.2) is 71.8 Å². The molecule has 2 heterocycles. The summed E-state index contributed by atoms with van der Waals surface area (Å²) in [6, 6.07) is 16.4. The average Bonchev–Trinajstić information content (AvgIpc) is 3.10. The Bertz CT molecular complexity index is 1230. The number of fused-ring (bicyclic) bond motifs is 1. The molecule has 2 aromatic heterocycles. The molecule has 0 aliphatic carbocycles. The number of aromatic nitrogens is 3. The zero-order valence-corrected chi connectivity index (χ0v) is 15.8. The highest BCUT2D eigenvalue weighted by atomic mass is 35.5. The molecule has 4 aromatic rings. The zero-order chi connectivity index (χ0) is 19.7. The van der Waals surface area contributed by atoms with Crippen LogP contribution in [0.5, 0.6) is 0 Å². The molecule has 2 aromatic carbocycles. The topological polar surface area (TPSA) is 68.4 Å². The molecular formula is C21H17ClN4O2. The minimum Gasteiger partial charge on any atom is -0.325 e. The predicted octanol–water partition coefficient (Wildman–Crippen LogP) is 3.76. The van der Waals surface area contributed by atoms with Gasteiger partial charge >= 0.3 is 0 Å². The monoisotopic (exact) mass is 392 g/mol. The van der Waals surface area contributed by atoms with E-state index in [2.05, 4.69) is 10.4 Å². The molecular weight excluding hydrogens is 376 g/mol. The van der Waals surface area contributed by atoms with Crippen molar-refractivity contribution in [3.8, 4) is 11.3 Å². The number of amides is 1. The lowest BCUT2D eigenvalue weighted by Crippen LogP contribution is -2.28. The second-order valence-corrected chi connectivity index (χ2v) is 6.95. The molecule has 0 atom stereocenters. The molecule has 0 fully saturated rings. The first-order valence-corrected chi connectivity index (χ1v) is 9.09. The van der Waals surface area contributed by atoms with E-state index in [0.717, 1.165) is 11.1 Å². The van der Waals surface area contributed by atoms with Gasteiger partial charge in [0.25, 0.3) is 5.56 Å². The number of aryl methyl sites for hydroxylation is 1. The van der Waals surface area contributed by atoms with Gasteiger partial charge in [-0.3, -0.25) is 9.59 Å². The van der Waals surface area contributed by atoms with Gasteiger partial charge in [-0.1, -0.05) is 35.9 Å². The first kappa shape index (κ1) is 18.0. The van der Waals surface area contributed by atoms with Gasteiger partial charge in [-0.05, 0) is 42.8 Å². The molecule has 0 spiro atoms. The fraction of sp³-hybridized carbons (Fsp3) is 0.0952. The normalized spacial score (nSPS) is 10.9. The molecule has 7 heteroatoms. The number of nitrogens with one attached hydrogen (secondary N) is 1. The van der Waals surface area contributed by atoms with E-state index >= 15 is 0 Å². The highest BCUT2D eigenvalue weighted by molar-refractivity contribution is 6.30. The minimum atomic E-state index is -0.283. The van der Waals surface area contributed by atoms with Gasteiger partial charge in [0.15, 0.2) is 0 Å².